The number of hydrogen-bond acceptors (Lipinski definition) is 3. The van der Waals surface area contributed by atoms with Gasteiger partial charge >= 0.3 is 0 Å². The Morgan fingerprint density at radius 3 is 2.56 bits per heavy atom. The number of aliphatic hydroxyl groups is 1. The molecule has 0 saturated heterocycles. The lowest BCUT2D eigenvalue weighted by Gasteiger charge is -2.24. The topological polar surface area (TPSA) is 35.5 Å². The third-order valence-corrected chi connectivity index (χ3v) is 2.93. The predicted molar refractivity (Wildman–Crippen MR) is 78.4 cm³/mol. The lowest BCUT2D eigenvalue weighted by Crippen LogP contribution is -2.29. The third-order valence-electron chi connectivity index (χ3n) is 2.70. The summed E-state index contributed by atoms with van der Waals surface area (Å²) < 4.78 is 0. The molecule has 1 rings (SSSR count). The Morgan fingerprint density at radius 2 is 2.00 bits per heavy atom. The quantitative estimate of drug-likeness (QED) is 0.834. The summed E-state index contributed by atoms with van der Waals surface area (Å²) >= 11 is 6.05. The minimum atomic E-state index is -0.361. The van der Waals surface area contributed by atoms with E-state index in [1.807, 2.05) is 30.1 Å². The second-order valence-corrected chi connectivity index (χ2v) is 5.47. The number of nitrogens with one attached hydrogen (secondary N) is 1. The smallest absolute Gasteiger partial charge is 0.0686 e. The van der Waals surface area contributed by atoms with Gasteiger partial charge in [-0.3, -0.25) is 0 Å². The number of nitrogens with zero attached hydrogens (tertiary/aromatic N) is 1. The first-order valence-corrected chi connectivity index (χ1v) is 6.69. The first-order chi connectivity index (χ1) is 8.40. The van der Waals surface area contributed by atoms with Crippen LogP contribution in [0.2, 0.25) is 5.02 Å². The van der Waals surface area contributed by atoms with E-state index >= 15 is 0 Å². The van der Waals surface area contributed by atoms with Crippen LogP contribution in [0.1, 0.15) is 26.3 Å². The number of aliphatic hydroxyl groups excluding tert-OH is 1. The van der Waals surface area contributed by atoms with E-state index in [1.54, 1.807) is 6.92 Å². The number of hydrogen-bond donors (Lipinski definition) is 2. The first kappa shape index (κ1) is 15.3. The molecule has 0 aromatic heterocycles. The van der Waals surface area contributed by atoms with Gasteiger partial charge in [-0.1, -0.05) is 31.5 Å². The van der Waals surface area contributed by atoms with Crippen LogP contribution in [0.15, 0.2) is 18.2 Å². The van der Waals surface area contributed by atoms with E-state index in [1.165, 1.54) is 5.56 Å². The Bertz CT molecular complexity index is 380. The zero-order valence-corrected chi connectivity index (χ0v) is 12.3. The number of rotatable bonds is 6. The molecule has 0 aliphatic carbocycles. The molecule has 1 unspecified atom stereocenters. The van der Waals surface area contributed by atoms with Gasteiger partial charge < -0.3 is 15.3 Å². The Hall–Kier alpha value is -0.770. The van der Waals surface area contributed by atoms with Crippen molar-refractivity contribution in [3.8, 4) is 0 Å². The van der Waals surface area contributed by atoms with E-state index < -0.39 is 0 Å². The minimum absolute atomic E-state index is 0.361. The van der Waals surface area contributed by atoms with Crippen LogP contribution in [-0.4, -0.2) is 30.8 Å². The third kappa shape index (κ3) is 4.84. The molecular weight excluding hydrogens is 248 g/mol. The normalized spacial score (nSPS) is 12.8. The molecule has 0 spiro atoms. The van der Waals surface area contributed by atoms with Gasteiger partial charge in [0.2, 0.25) is 0 Å². The molecule has 3 nitrogen and oxygen atoms in total. The first-order valence-electron chi connectivity index (χ1n) is 6.31. The van der Waals surface area contributed by atoms with Crippen LogP contribution >= 0.6 is 11.6 Å². The summed E-state index contributed by atoms with van der Waals surface area (Å²) in [6.07, 6.45) is -0.361. The van der Waals surface area contributed by atoms with Gasteiger partial charge in [-0.15, -0.1) is 0 Å². The lowest BCUT2D eigenvalue weighted by atomic mass is 10.1. The van der Waals surface area contributed by atoms with Crippen LogP contribution in [0.5, 0.6) is 0 Å². The van der Waals surface area contributed by atoms with Crippen LogP contribution in [0.25, 0.3) is 0 Å². The molecule has 0 heterocycles. The summed E-state index contributed by atoms with van der Waals surface area (Å²) in [7, 11) is 1.97. The Labute approximate surface area is 115 Å². The Balaban J connectivity index is 2.88. The summed E-state index contributed by atoms with van der Waals surface area (Å²) in [5.74, 6) is 0. The zero-order valence-electron chi connectivity index (χ0n) is 11.6. The molecule has 0 radical (unpaired) electrons. The Kier molecular flexibility index (Phi) is 5.93. The molecule has 1 atom stereocenters. The van der Waals surface area contributed by atoms with Crippen molar-refractivity contribution in [2.24, 2.45) is 0 Å². The molecule has 102 valence electrons. The standard InChI is InChI=1S/C14H23ClN2O/c1-10(2)16-8-12-5-6-13(15)7-14(12)17(4)9-11(3)18/h5-7,10-11,16,18H,8-9H2,1-4H3. The molecule has 1 aromatic carbocycles. The van der Waals surface area contributed by atoms with Crippen LogP contribution < -0.4 is 10.2 Å². The fourth-order valence-corrected chi connectivity index (χ4v) is 2.02. The summed E-state index contributed by atoms with van der Waals surface area (Å²) in [6, 6.07) is 6.32. The number of benzene rings is 1. The summed E-state index contributed by atoms with van der Waals surface area (Å²) in [5, 5.41) is 13.6. The van der Waals surface area contributed by atoms with E-state index in [-0.39, 0.29) is 6.10 Å². The van der Waals surface area contributed by atoms with Crippen molar-refractivity contribution < 1.29 is 5.11 Å². The largest absolute Gasteiger partial charge is 0.392 e. The van der Waals surface area contributed by atoms with Gasteiger partial charge in [0.05, 0.1) is 6.10 Å². The highest BCUT2D eigenvalue weighted by Gasteiger charge is 2.10. The Morgan fingerprint density at radius 1 is 1.33 bits per heavy atom. The van der Waals surface area contributed by atoms with Crippen molar-refractivity contribution in [2.45, 2.75) is 39.5 Å². The average Bonchev–Trinajstić information content (AvgIpc) is 2.26. The molecule has 0 saturated carbocycles. The fraction of sp³-hybridized carbons (Fsp3) is 0.571. The van der Waals surface area contributed by atoms with Crippen LogP contribution in [0, 0.1) is 0 Å². The van der Waals surface area contributed by atoms with E-state index in [9.17, 15) is 5.11 Å². The average molecular weight is 271 g/mol. The van der Waals surface area contributed by atoms with E-state index in [0.29, 0.717) is 12.6 Å². The second-order valence-electron chi connectivity index (χ2n) is 5.04. The van der Waals surface area contributed by atoms with Gasteiger partial charge in [-0.2, -0.15) is 0 Å². The molecule has 0 bridgehead atoms. The minimum Gasteiger partial charge on any atom is -0.392 e. The molecule has 0 fully saturated rings. The van der Waals surface area contributed by atoms with Gasteiger partial charge in [0.1, 0.15) is 0 Å². The molecule has 0 aliphatic rings. The zero-order chi connectivity index (χ0) is 13.7. The summed E-state index contributed by atoms with van der Waals surface area (Å²) in [6.45, 7) is 7.42. The summed E-state index contributed by atoms with van der Waals surface area (Å²) in [5.41, 5.74) is 2.26. The second kappa shape index (κ2) is 6.98. The van der Waals surface area contributed by atoms with Gasteiger partial charge in [0, 0.05) is 36.9 Å². The van der Waals surface area contributed by atoms with E-state index in [2.05, 4.69) is 19.2 Å². The van der Waals surface area contributed by atoms with Gasteiger partial charge in [-0.25, -0.2) is 0 Å². The highest BCUT2D eigenvalue weighted by atomic mass is 35.5. The number of halogens is 1. The van der Waals surface area contributed by atoms with Gasteiger partial charge in [0.25, 0.3) is 0 Å². The van der Waals surface area contributed by atoms with Crippen molar-refractivity contribution in [1.29, 1.82) is 0 Å². The van der Waals surface area contributed by atoms with Crippen molar-refractivity contribution in [3.63, 3.8) is 0 Å². The molecule has 0 aliphatic heterocycles. The van der Waals surface area contributed by atoms with Crippen LogP contribution in [-0.2, 0) is 6.54 Å². The van der Waals surface area contributed by atoms with Crippen molar-refractivity contribution >= 4 is 17.3 Å². The molecule has 4 heteroatoms. The van der Waals surface area contributed by atoms with Crippen LogP contribution in [0.3, 0.4) is 0 Å². The highest BCUT2D eigenvalue weighted by Crippen LogP contribution is 2.24. The van der Waals surface area contributed by atoms with Gasteiger partial charge in [-0.05, 0) is 24.6 Å². The highest BCUT2D eigenvalue weighted by molar-refractivity contribution is 6.30. The van der Waals surface area contributed by atoms with E-state index in [0.717, 1.165) is 17.3 Å². The van der Waals surface area contributed by atoms with Gasteiger partial charge in [0.15, 0.2) is 0 Å². The fourth-order valence-electron chi connectivity index (χ4n) is 1.85. The maximum absolute atomic E-state index is 9.47. The SMILES string of the molecule is CC(O)CN(C)c1cc(Cl)ccc1CNC(C)C. The molecular formula is C14H23ClN2O. The number of likely N-dealkylation sites (N-methyl/N-ethyl adjacent to an activating group) is 1. The van der Waals surface area contributed by atoms with E-state index in [4.69, 9.17) is 11.6 Å². The lowest BCUT2D eigenvalue weighted by molar-refractivity contribution is 0.201. The number of anilines is 1. The maximum Gasteiger partial charge on any atom is 0.0686 e. The van der Waals surface area contributed by atoms with Crippen molar-refractivity contribution in [2.75, 3.05) is 18.5 Å². The molecule has 2 N–H and O–H groups in total. The molecule has 18 heavy (non-hydrogen) atoms. The summed E-state index contributed by atoms with van der Waals surface area (Å²) in [4.78, 5) is 2.04. The maximum atomic E-state index is 9.47. The van der Waals surface area contributed by atoms with Crippen molar-refractivity contribution in [3.05, 3.63) is 28.8 Å². The predicted octanol–water partition coefficient (Wildman–Crippen LogP) is 2.66. The molecule has 1 aromatic rings. The molecule has 0 amide bonds. The van der Waals surface area contributed by atoms with Crippen molar-refractivity contribution in [1.82, 2.24) is 5.32 Å². The van der Waals surface area contributed by atoms with Crippen LogP contribution in [0.4, 0.5) is 5.69 Å². The monoisotopic (exact) mass is 270 g/mol.